The normalized spacial score (nSPS) is 11.1. The van der Waals surface area contributed by atoms with Gasteiger partial charge in [-0.2, -0.15) is 0 Å². The van der Waals surface area contributed by atoms with Crippen LogP contribution in [0.3, 0.4) is 0 Å². The van der Waals surface area contributed by atoms with E-state index < -0.39 is 0 Å². The van der Waals surface area contributed by atoms with Gasteiger partial charge in [0.1, 0.15) is 10.8 Å². The van der Waals surface area contributed by atoms with Crippen molar-refractivity contribution in [1.29, 1.82) is 0 Å². The Morgan fingerprint density at radius 3 is 2.70 bits per heavy atom. The first-order valence-electron chi connectivity index (χ1n) is 8.72. The number of guanidine groups is 1. The molecule has 2 aromatic carbocycles. The first kappa shape index (κ1) is 21.4. The largest absolute Gasteiger partial charge is 0.494 e. The molecular weight excluding hydrogens is 471 g/mol. The topological polar surface area (TPSA) is 58.5 Å². The fourth-order valence-corrected chi connectivity index (χ4v) is 3.32. The number of thiazole rings is 1. The van der Waals surface area contributed by atoms with Crippen LogP contribution in [0.5, 0.6) is 5.75 Å². The molecule has 0 unspecified atom stereocenters. The minimum absolute atomic E-state index is 0. The summed E-state index contributed by atoms with van der Waals surface area (Å²) in [6, 6.07) is 14.5. The molecule has 0 radical (unpaired) electrons. The Morgan fingerprint density at radius 1 is 1.15 bits per heavy atom. The van der Waals surface area contributed by atoms with Gasteiger partial charge in [-0.15, -0.1) is 35.3 Å². The number of nitrogens with zero attached hydrogens (tertiary/aromatic N) is 2. The molecule has 27 heavy (non-hydrogen) atoms. The van der Waals surface area contributed by atoms with Crippen molar-refractivity contribution in [2.45, 2.75) is 19.9 Å². The van der Waals surface area contributed by atoms with Gasteiger partial charge in [-0.1, -0.05) is 30.3 Å². The molecule has 0 aliphatic rings. The van der Waals surface area contributed by atoms with Crippen molar-refractivity contribution in [3.63, 3.8) is 0 Å². The van der Waals surface area contributed by atoms with Crippen molar-refractivity contribution < 1.29 is 4.74 Å². The minimum Gasteiger partial charge on any atom is -0.494 e. The molecule has 0 atom stereocenters. The van der Waals surface area contributed by atoms with Crippen LogP contribution < -0.4 is 15.4 Å². The van der Waals surface area contributed by atoms with Crippen molar-refractivity contribution >= 4 is 52.0 Å². The lowest BCUT2D eigenvalue weighted by Crippen LogP contribution is -2.37. The molecule has 144 valence electrons. The minimum atomic E-state index is 0. The van der Waals surface area contributed by atoms with E-state index in [1.807, 2.05) is 24.4 Å². The van der Waals surface area contributed by atoms with Crippen molar-refractivity contribution in [2.75, 3.05) is 20.2 Å². The number of fused-ring (bicyclic) bond motifs is 1. The summed E-state index contributed by atoms with van der Waals surface area (Å²) in [5.41, 5.74) is 0. The number of benzene rings is 2. The van der Waals surface area contributed by atoms with E-state index in [0.717, 1.165) is 29.7 Å². The fourth-order valence-electron chi connectivity index (χ4n) is 2.59. The van der Waals surface area contributed by atoms with Gasteiger partial charge in [0.25, 0.3) is 0 Å². The zero-order valence-electron chi connectivity index (χ0n) is 15.6. The first-order chi connectivity index (χ1) is 12.7. The third kappa shape index (κ3) is 6.66. The summed E-state index contributed by atoms with van der Waals surface area (Å²) >= 11 is 1.69. The monoisotopic (exact) mass is 496 g/mol. The third-order valence-corrected chi connectivity index (χ3v) is 4.82. The maximum absolute atomic E-state index is 5.85. The quantitative estimate of drug-likeness (QED) is 0.221. The molecule has 0 saturated carbocycles. The van der Waals surface area contributed by atoms with E-state index in [1.165, 1.54) is 15.6 Å². The molecule has 0 bridgehead atoms. The van der Waals surface area contributed by atoms with E-state index in [2.05, 4.69) is 51.8 Å². The molecule has 0 fully saturated rings. The van der Waals surface area contributed by atoms with Gasteiger partial charge in [0.15, 0.2) is 5.96 Å². The van der Waals surface area contributed by atoms with Crippen LogP contribution in [0.1, 0.15) is 16.3 Å². The van der Waals surface area contributed by atoms with Crippen LogP contribution in [0.15, 0.2) is 53.7 Å². The molecule has 1 heterocycles. The molecule has 0 amide bonds. The standard InChI is InChI=1S/C20H24N4OS.HI/c1-15-13-23-19(26-15)14-24-20(21-2)22-10-5-11-25-18-9-8-16-6-3-4-7-17(16)12-18;/h3-4,6-9,12-13H,5,10-11,14H2,1-2H3,(H2,21,22,24);1H. The van der Waals surface area contributed by atoms with E-state index in [0.29, 0.717) is 13.2 Å². The van der Waals surface area contributed by atoms with Crippen LogP contribution in [0.25, 0.3) is 10.8 Å². The van der Waals surface area contributed by atoms with E-state index >= 15 is 0 Å². The SMILES string of the molecule is CN=C(NCCCOc1ccc2ccccc2c1)NCc1ncc(C)s1.I. The van der Waals surface area contributed by atoms with Crippen LogP contribution in [-0.2, 0) is 6.54 Å². The number of aliphatic imine (C=N–C) groups is 1. The Morgan fingerprint density at radius 2 is 1.96 bits per heavy atom. The Kier molecular flexibility index (Phi) is 8.80. The van der Waals surface area contributed by atoms with E-state index in [-0.39, 0.29) is 24.0 Å². The van der Waals surface area contributed by atoms with Gasteiger partial charge < -0.3 is 15.4 Å². The average Bonchev–Trinajstić information content (AvgIpc) is 3.09. The summed E-state index contributed by atoms with van der Waals surface area (Å²) in [5, 5.41) is 10.1. The van der Waals surface area contributed by atoms with Gasteiger partial charge in [0.05, 0.1) is 13.2 Å². The van der Waals surface area contributed by atoms with E-state index in [9.17, 15) is 0 Å². The predicted molar refractivity (Wildman–Crippen MR) is 125 cm³/mol. The number of nitrogens with one attached hydrogen (secondary N) is 2. The molecule has 0 aliphatic heterocycles. The summed E-state index contributed by atoms with van der Waals surface area (Å²) in [5.74, 6) is 1.69. The van der Waals surface area contributed by atoms with Gasteiger partial charge in [-0.05, 0) is 36.2 Å². The van der Waals surface area contributed by atoms with Crippen LogP contribution >= 0.6 is 35.3 Å². The molecule has 2 N–H and O–H groups in total. The summed E-state index contributed by atoms with van der Waals surface area (Å²) in [4.78, 5) is 9.79. The summed E-state index contributed by atoms with van der Waals surface area (Å²) in [6.45, 7) is 4.20. The lowest BCUT2D eigenvalue weighted by Gasteiger charge is -2.11. The van der Waals surface area contributed by atoms with Gasteiger partial charge >= 0.3 is 0 Å². The maximum atomic E-state index is 5.85. The second-order valence-electron chi connectivity index (χ2n) is 5.93. The van der Waals surface area contributed by atoms with E-state index in [1.54, 1.807) is 18.4 Å². The number of aryl methyl sites for hydroxylation is 1. The van der Waals surface area contributed by atoms with Gasteiger partial charge in [-0.25, -0.2) is 4.98 Å². The zero-order valence-corrected chi connectivity index (χ0v) is 18.7. The summed E-state index contributed by atoms with van der Waals surface area (Å²) < 4.78 is 5.85. The summed E-state index contributed by atoms with van der Waals surface area (Å²) in [7, 11) is 1.77. The van der Waals surface area contributed by atoms with E-state index in [4.69, 9.17) is 4.74 Å². The van der Waals surface area contributed by atoms with Crippen molar-refractivity contribution in [3.05, 3.63) is 58.5 Å². The highest BCUT2D eigenvalue weighted by molar-refractivity contribution is 14.0. The van der Waals surface area contributed by atoms with Crippen LogP contribution in [-0.4, -0.2) is 31.1 Å². The Hall–Kier alpha value is -1.87. The highest BCUT2D eigenvalue weighted by atomic mass is 127. The predicted octanol–water partition coefficient (Wildman–Crippen LogP) is 4.36. The number of ether oxygens (including phenoxy) is 1. The smallest absolute Gasteiger partial charge is 0.191 e. The number of hydrogen-bond donors (Lipinski definition) is 2. The number of hydrogen-bond acceptors (Lipinski definition) is 4. The second kappa shape index (κ2) is 11.1. The number of halogens is 1. The Balaban J connectivity index is 0.00000261. The molecule has 3 aromatic rings. The highest BCUT2D eigenvalue weighted by Gasteiger charge is 2.02. The Bertz CT molecular complexity index is 881. The molecule has 7 heteroatoms. The third-order valence-electron chi connectivity index (χ3n) is 3.90. The van der Waals surface area contributed by atoms with Gasteiger partial charge in [0.2, 0.25) is 0 Å². The average molecular weight is 496 g/mol. The second-order valence-corrected chi connectivity index (χ2v) is 7.25. The lowest BCUT2D eigenvalue weighted by atomic mass is 10.1. The molecular formula is C20H25IN4OS. The fraction of sp³-hybridized carbons (Fsp3) is 0.300. The van der Waals surface area contributed by atoms with Crippen LogP contribution in [0.2, 0.25) is 0 Å². The zero-order chi connectivity index (χ0) is 18.2. The number of aromatic nitrogens is 1. The van der Waals surface area contributed by atoms with Crippen molar-refractivity contribution in [1.82, 2.24) is 15.6 Å². The molecule has 1 aromatic heterocycles. The molecule has 0 aliphatic carbocycles. The molecule has 3 rings (SSSR count). The molecule has 5 nitrogen and oxygen atoms in total. The first-order valence-corrected chi connectivity index (χ1v) is 9.53. The maximum Gasteiger partial charge on any atom is 0.191 e. The molecule has 0 spiro atoms. The highest BCUT2D eigenvalue weighted by Crippen LogP contribution is 2.20. The Labute approximate surface area is 181 Å². The molecule has 0 saturated heterocycles. The van der Waals surface area contributed by atoms with Gasteiger partial charge in [0, 0.05) is 24.7 Å². The van der Waals surface area contributed by atoms with Crippen molar-refractivity contribution in [2.24, 2.45) is 4.99 Å². The number of rotatable bonds is 7. The summed E-state index contributed by atoms with van der Waals surface area (Å²) in [6.07, 6.45) is 2.78. The van der Waals surface area contributed by atoms with Crippen molar-refractivity contribution in [3.8, 4) is 5.75 Å². The van der Waals surface area contributed by atoms with Gasteiger partial charge in [-0.3, -0.25) is 4.99 Å². The van der Waals surface area contributed by atoms with Crippen LogP contribution in [0.4, 0.5) is 0 Å². The van der Waals surface area contributed by atoms with Crippen LogP contribution in [0, 0.1) is 6.92 Å². The lowest BCUT2D eigenvalue weighted by molar-refractivity contribution is 0.311.